The van der Waals surface area contributed by atoms with Gasteiger partial charge in [0.05, 0.1) is 18.4 Å². The quantitative estimate of drug-likeness (QED) is 0.529. The summed E-state index contributed by atoms with van der Waals surface area (Å²) in [6.07, 6.45) is 5.09. The van der Waals surface area contributed by atoms with Gasteiger partial charge in [-0.2, -0.15) is 10.4 Å². The highest BCUT2D eigenvalue weighted by molar-refractivity contribution is 5.67. The molecule has 0 aliphatic heterocycles. The third kappa shape index (κ3) is 3.50. The van der Waals surface area contributed by atoms with Gasteiger partial charge in [0.25, 0.3) is 5.56 Å². The fourth-order valence-corrected chi connectivity index (χ4v) is 3.33. The molecule has 2 N–H and O–H groups in total. The average Bonchev–Trinajstić information content (AvgIpc) is 3.35. The lowest BCUT2D eigenvalue weighted by molar-refractivity contribution is 0.638. The minimum atomic E-state index is -0.194. The molecule has 3 aromatic heterocycles. The summed E-state index contributed by atoms with van der Waals surface area (Å²) < 4.78 is 3.15. The van der Waals surface area contributed by atoms with E-state index in [1.165, 1.54) is 10.7 Å². The summed E-state index contributed by atoms with van der Waals surface area (Å²) in [5, 5.41) is 19.9. The number of nitriles is 1. The fourth-order valence-electron chi connectivity index (χ4n) is 3.33. The highest BCUT2D eigenvalue weighted by atomic mass is 16.1. The molecule has 0 aliphatic carbocycles. The molecule has 146 valence electrons. The van der Waals surface area contributed by atoms with Gasteiger partial charge in [-0.05, 0) is 18.1 Å². The van der Waals surface area contributed by atoms with Crippen LogP contribution in [0.15, 0.2) is 53.7 Å². The van der Waals surface area contributed by atoms with Crippen molar-refractivity contribution in [3.05, 3.63) is 70.4 Å². The van der Waals surface area contributed by atoms with Gasteiger partial charge in [-0.1, -0.05) is 32.0 Å². The number of fused-ring (bicyclic) bond motifs is 1. The number of rotatable bonds is 6. The first-order valence-electron chi connectivity index (χ1n) is 9.44. The third-order valence-electron chi connectivity index (χ3n) is 4.75. The summed E-state index contributed by atoms with van der Waals surface area (Å²) in [5.74, 6) is -0.0289. The maximum atomic E-state index is 13.0. The smallest absolute Gasteiger partial charge is 0.276 e. The Labute approximate surface area is 167 Å². The molecule has 0 spiro atoms. The van der Waals surface area contributed by atoms with Crippen molar-refractivity contribution >= 4 is 11.3 Å². The van der Waals surface area contributed by atoms with Crippen molar-refractivity contribution < 1.29 is 0 Å². The van der Waals surface area contributed by atoms with Crippen LogP contribution in [0.25, 0.3) is 16.9 Å². The predicted molar refractivity (Wildman–Crippen MR) is 111 cm³/mol. The maximum Gasteiger partial charge on any atom is 0.276 e. The molecule has 8 nitrogen and oxygen atoms in total. The Hall–Kier alpha value is -3.86. The van der Waals surface area contributed by atoms with Gasteiger partial charge in [-0.15, -0.1) is 0 Å². The molecule has 3 heterocycles. The Balaban J connectivity index is 1.65. The van der Waals surface area contributed by atoms with Crippen molar-refractivity contribution in [3.63, 3.8) is 0 Å². The number of anilines is 1. The number of para-hydroxylation sites is 1. The SMILES string of the molecule is CC(C)c1c(-c2cnn(CCNc3ccccc3)c2)nc2c(C#N)c[nH]n2c1=O. The number of aromatic amines is 1. The van der Waals surface area contributed by atoms with Crippen molar-refractivity contribution in [1.29, 1.82) is 5.26 Å². The van der Waals surface area contributed by atoms with Gasteiger partial charge in [-0.3, -0.25) is 14.6 Å². The number of H-pyrrole nitrogens is 1. The number of hydrogen-bond acceptors (Lipinski definition) is 5. The first kappa shape index (κ1) is 18.5. The Morgan fingerprint density at radius 2 is 2.07 bits per heavy atom. The zero-order valence-corrected chi connectivity index (χ0v) is 16.3. The van der Waals surface area contributed by atoms with E-state index in [4.69, 9.17) is 0 Å². The van der Waals surface area contributed by atoms with E-state index in [9.17, 15) is 10.1 Å². The molecule has 4 rings (SSSR count). The normalized spacial score (nSPS) is 11.1. The molecule has 1 aromatic carbocycles. The maximum absolute atomic E-state index is 13.0. The highest BCUT2D eigenvalue weighted by Crippen LogP contribution is 2.25. The van der Waals surface area contributed by atoms with Crippen LogP contribution >= 0.6 is 0 Å². The van der Waals surface area contributed by atoms with Crippen LogP contribution < -0.4 is 10.9 Å². The van der Waals surface area contributed by atoms with E-state index in [1.807, 2.05) is 55.1 Å². The van der Waals surface area contributed by atoms with Gasteiger partial charge < -0.3 is 5.32 Å². The molecule has 0 fully saturated rings. The highest BCUT2D eigenvalue weighted by Gasteiger charge is 2.20. The van der Waals surface area contributed by atoms with Crippen LogP contribution in [0.2, 0.25) is 0 Å². The molecule has 0 unspecified atom stereocenters. The predicted octanol–water partition coefficient (Wildman–Crippen LogP) is 2.99. The summed E-state index contributed by atoms with van der Waals surface area (Å²) in [6.45, 7) is 5.29. The van der Waals surface area contributed by atoms with Crippen molar-refractivity contribution in [1.82, 2.24) is 24.4 Å². The fraction of sp³-hybridized carbons (Fsp3) is 0.238. The van der Waals surface area contributed by atoms with Crippen LogP contribution in [-0.2, 0) is 6.54 Å². The largest absolute Gasteiger partial charge is 0.383 e. The molecule has 4 aromatic rings. The van der Waals surface area contributed by atoms with Gasteiger partial charge in [0.2, 0.25) is 0 Å². The minimum Gasteiger partial charge on any atom is -0.383 e. The number of benzene rings is 1. The van der Waals surface area contributed by atoms with Crippen LogP contribution in [0.4, 0.5) is 5.69 Å². The van der Waals surface area contributed by atoms with Crippen molar-refractivity contribution in [3.8, 4) is 17.3 Å². The Morgan fingerprint density at radius 1 is 1.28 bits per heavy atom. The second-order valence-electron chi connectivity index (χ2n) is 7.08. The second-order valence-corrected chi connectivity index (χ2v) is 7.08. The van der Waals surface area contributed by atoms with Crippen LogP contribution in [0.5, 0.6) is 0 Å². The molecule has 0 aliphatic rings. The second kappa shape index (κ2) is 7.64. The molecule has 0 radical (unpaired) electrons. The van der Waals surface area contributed by atoms with Crippen LogP contribution in [0.3, 0.4) is 0 Å². The van der Waals surface area contributed by atoms with Gasteiger partial charge >= 0.3 is 0 Å². The monoisotopic (exact) mass is 387 g/mol. The van der Waals surface area contributed by atoms with E-state index in [0.717, 1.165) is 11.3 Å². The number of hydrogen-bond donors (Lipinski definition) is 2. The van der Waals surface area contributed by atoms with Gasteiger partial charge in [0, 0.05) is 35.8 Å². The summed E-state index contributed by atoms with van der Waals surface area (Å²) >= 11 is 0. The third-order valence-corrected chi connectivity index (χ3v) is 4.75. The standard InChI is InChI=1S/C21H21N7O/c1-14(2)18-19(26-20-15(10-22)11-25-28(20)21(18)29)16-12-24-27(13-16)9-8-23-17-6-4-3-5-7-17/h3-7,11-14,23,25H,8-9H2,1-2H3. The van der Waals surface area contributed by atoms with E-state index in [2.05, 4.69) is 26.6 Å². The molecule has 29 heavy (non-hydrogen) atoms. The van der Waals surface area contributed by atoms with E-state index >= 15 is 0 Å². The summed E-state index contributed by atoms with van der Waals surface area (Å²) in [4.78, 5) is 17.6. The van der Waals surface area contributed by atoms with Crippen molar-refractivity contribution in [2.24, 2.45) is 0 Å². The molecule has 8 heteroatoms. The van der Waals surface area contributed by atoms with E-state index in [0.29, 0.717) is 35.6 Å². The van der Waals surface area contributed by atoms with Gasteiger partial charge in [0.15, 0.2) is 5.65 Å². The first-order valence-corrected chi connectivity index (χ1v) is 9.44. The molecule has 0 bridgehead atoms. The zero-order chi connectivity index (χ0) is 20.4. The molecule has 0 saturated heterocycles. The Bertz CT molecular complexity index is 1240. The molecular weight excluding hydrogens is 366 g/mol. The minimum absolute atomic E-state index is 0.0289. The number of aromatic nitrogens is 5. The van der Waals surface area contributed by atoms with E-state index < -0.39 is 0 Å². The number of nitrogens with one attached hydrogen (secondary N) is 2. The summed E-state index contributed by atoms with van der Waals surface area (Å²) in [5.41, 5.74) is 3.45. The molecule has 0 amide bonds. The van der Waals surface area contributed by atoms with Gasteiger partial charge in [-0.25, -0.2) is 9.50 Å². The zero-order valence-electron chi connectivity index (χ0n) is 16.3. The van der Waals surface area contributed by atoms with Crippen LogP contribution in [-0.4, -0.2) is 30.9 Å². The molecular formula is C21H21N7O. The van der Waals surface area contributed by atoms with Crippen LogP contribution in [0, 0.1) is 11.3 Å². The van der Waals surface area contributed by atoms with Crippen molar-refractivity contribution in [2.45, 2.75) is 26.3 Å². The number of nitrogens with zero attached hydrogens (tertiary/aromatic N) is 5. The molecule has 0 saturated carbocycles. The Morgan fingerprint density at radius 3 is 2.79 bits per heavy atom. The first-order chi connectivity index (χ1) is 14.1. The molecule has 0 atom stereocenters. The summed E-state index contributed by atoms with van der Waals surface area (Å²) in [7, 11) is 0. The lowest BCUT2D eigenvalue weighted by Gasteiger charge is -2.10. The van der Waals surface area contributed by atoms with Crippen LogP contribution in [0.1, 0.15) is 30.9 Å². The van der Waals surface area contributed by atoms with Gasteiger partial charge in [0.1, 0.15) is 11.6 Å². The lowest BCUT2D eigenvalue weighted by atomic mass is 10.00. The Kier molecular flexibility index (Phi) is 4.87. The van der Waals surface area contributed by atoms with E-state index in [1.54, 1.807) is 6.20 Å². The van der Waals surface area contributed by atoms with E-state index in [-0.39, 0.29) is 11.5 Å². The summed E-state index contributed by atoms with van der Waals surface area (Å²) in [6, 6.07) is 12.0. The topological polar surface area (TPSA) is 104 Å². The lowest BCUT2D eigenvalue weighted by Crippen LogP contribution is -2.22. The average molecular weight is 387 g/mol. The van der Waals surface area contributed by atoms with Crippen molar-refractivity contribution in [2.75, 3.05) is 11.9 Å².